The molecule has 172 valence electrons. The fourth-order valence-electron chi connectivity index (χ4n) is 4.50. The summed E-state index contributed by atoms with van der Waals surface area (Å²) in [5.74, 6) is 0.378. The van der Waals surface area contributed by atoms with Gasteiger partial charge in [-0.25, -0.2) is 13.1 Å². The highest BCUT2D eigenvalue weighted by Crippen LogP contribution is 2.26. The Balaban J connectivity index is 1.42. The van der Waals surface area contributed by atoms with Gasteiger partial charge < -0.3 is 10.2 Å². The third-order valence-corrected chi connectivity index (χ3v) is 7.84. The molecule has 1 aliphatic carbocycles. The molecule has 8 heteroatoms. The van der Waals surface area contributed by atoms with Crippen LogP contribution in [0.25, 0.3) is 0 Å². The summed E-state index contributed by atoms with van der Waals surface area (Å²) in [5, 5.41) is 2.78. The molecule has 31 heavy (non-hydrogen) atoms. The maximum atomic E-state index is 12.6. The number of amides is 2. The summed E-state index contributed by atoms with van der Waals surface area (Å²) in [7, 11) is -3.56. The number of hydrogen-bond acceptors (Lipinski definition) is 4. The molecule has 0 radical (unpaired) electrons. The predicted molar refractivity (Wildman–Crippen MR) is 120 cm³/mol. The molecule has 1 aromatic rings. The first-order valence-corrected chi connectivity index (χ1v) is 12.9. The van der Waals surface area contributed by atoms with E-state index in [1.165, 1.54) is 19.3 Å². The first-order valence-electron chi connectivity index (χ1n) is 11.4. The van der Waals surface area contributed by atoms with E-state index in [9.17, 15) is 18.0 Å². The van der Waals surface area contributed by atoms with Gasteiger partial charge in [0.1, 0.15) is 0 Å². The number of aryl methyl sites for hydroxylation is 1. The second-order valence-corrected chi connectivity index (χ2v) is 10.8. The summed E-state index contributed by atoms with van der Waals surface area (Å²) in [5.41, 5.74) is 1.01. The van der Waals surface area contributed by atoms with Gasteiger partial charge in [0.05, 0.1) is 11.4 Å². The van der Waals surface area contributed by atoms with Crippen LogP contribution in [0.15, 0.2) is 29.2 Å². The third kappa shape index (κ3) is 7.31. The lowest BCUT2D eigenvalue weighted by atomic mass is 9.87. The molecule has 0 aromatic heterocycles. The van der Waals surface area contributed by atoms with Gasteiger partial charge in [0.25, 0.3) is 0 Å². The monoisotopic (exact) mass is 449 g/mol. The molecule has 1 aliphatic heterocycles. The van der Waals surface area contributed by atoms with E-state index >= 15 is 0 Å². The average Bonchev–Trinajstić information content (AvgIpc) is 2.77. The van der Waals surface area contributed by atoms with Crippen LogP contribution in [-0.4, -0.2) is 51.3 Å². The Morgan fingerprint density at radius 2 is 1.68 bits per heavy atom. The molecule has 0 spiro atoms. The molecule has 1 saturated heterocycles. The predicted octanol–water partition coefficient (Wildman–Crippen LogP) is 2.60. The van der Waals surface area contributed by atoms with E-state index in [1.54, 1.807) is 29.2 Å². The largest absolute Gasteiger partial charge is 0.347 e. The Morgan fingerprint density at radius 3 is 2.39 bits per heavy atom. The summed E-state index contributed by atoms with van der Waals surface area (Å²) < 4.78 is 27.7. The number of nitrogens with one attached hydrogen (secondary N) is 2. The minimum atomic E-state index is -3.56. The van der Waals surface area contributed by atoms with Gasteiger partial charge in [-0.2, -0.15) is 0 Å². The molecule has 1 heterocycles. The van der Waals surface area contributed by atoms with Gasteiger partial charge in [0, 0.05) is 26.1 Å². The summed E-state index contributed by atoms with van der Waals surface area (Å²) in [6.45, 7) is 3.39. The standard InChI is InChI=1S/C23H35N3O4S/c1-18-9-11-21(12-10-18)31(29,30)25-15-20-8-5-13-26(17-20)23(28)16-24-22(27)14-19-6-3-2-4-7-19/h9-12,19-20,25H,2-8,13-17H2,1H3,(H,24,27). The summed E-state index contributed by atoms with van der Waals surface area (Å²) >= 11 is 0. The van der Waals surface area contributed by atoms with Gasteiger partial charge in [-0.1, -0.05) is 37.0 Å². The Bertz CT molecular complexity index is 848. The number of hydrogen-bond donors (Lipinski definition) is 2. The van der Waals surface area contributed by atoms with Crippen molar-refractivity contribution in [2.24, 2.45) is 11.8 Å². The van der Waals surface area contributed by atoms with Gasteiger partial charge in [0.2, 0.25) is 21.8 Å². The molecule has 2 amide bonds. The molecule has 1 unspecified atom stereocenters. The Kier molecular flexibility index (Phi) is 8.49. The van der Waals surface area contributed by atoms with Gasteiger partial charge in [-0.15, -0.1) is 0 Å². The number of likely N-dealkylation sites (tertiary alicyclic amines) is 1. The highest BCUT2D eigenvalue weighted by atomic mass is 32.2. The van der Waals surface area contributed by atoms with Gasteiger partial charge in [0.15, 0.2) is 0 Å². The number of piperidine rings is 1. The Hall–Kier alpha value is -1.93. The van der Waals surface area contributed by atoms with Gasteiger partial charge in [-0.3, -0.25) is 9.59 Å². The van der Waals surface area contributed by atoms with Crippen molar-refractivity contribution < 1.29 is 18.0 Å². The first-order chi connectivity index (χ1) is 14.8. The summed E-state index contributed by atoms with van der Waals surface area (Å²) in [6.07, 6.45) is 8.07. The smallest absolute Gasteiger partial charge is 0.241 e. The van der Waals surface area contributed by atoms with Crippen molar-refractivity contribution in [1.29, 1.82) is 0 Å². The second kappa shape index (κ2) is 11.1. The maximum Gasteiger partial charge on any atom is 0.241 e. The maximum absolute atomic E-state index is 12.6. The highest BCUT2D eigenvalue weighted by Gasteiger charge is 2.26. The molecule has 2 N–H and O–H groups in total. The molecule has 7 nitrogen and oxygen atoms in total. The van der Waals surface area contributed by atoms with Crippen molar-refractivity contribution in [3.8, 4) is 0 Å². The number of carbonyl (C=O) groups is 2. The molecule has 1 atom stereocenters. The zero-order valence-electron chi connectivity index (χ0n) is 18.4. The molecule has 1 saturated carbocycles. The second-order valence-electron chi connectivity index (χ2n) is 9.00. The SMILES string of the molecule is Cc1ccc(S(=O)(=O)NCC2CCCN(C(=O)CNC(=O)CC3CCCCC3)C2)cc1. The van der Waals surface area contributed by atoms with E-state index in [2.05, 4.69) is 10.0 Å². The Morgan fingerprint density at radius 1 is 1.00 bits per heavy atom. The van der Waals surface area contributed by atoms with Crippen molar-refractivity contribution in [2.75, 3.05) is 26.2 Å². The molecular formula is C23H35N3O4S. The lowest BCUT2D eigenvalue weighted by Crippen LogP contribution is -2.47. The van der Waals surface area contributed by atoms with Crippen LogP contribution in [0.3, 0.4) is 0 Å². The lowest BCUT2D eigenvalue weighted by Gasteiger charge is -2.33. The zero-order chi connectivity index (χ0) is 22.3. The van der Waals surface area contributed by atoms with E-state index < -0.39 is 10.0 Å². The molecule has 0 bridgehead atoms. The number of carbonyl (C=O) groups excluding carboxylic acids is 2. The van der Waals surface area contributed by atoms with E-state index in [-0.39, 0.29) is 29.2 Å². The van der Waals surface area contributed by atoms with Crippen LogP contribution in [0.2, 0.25) is 0 Å². The first kappa shape index (κ1) is 23.7. The quantitative estimate of drug-likeness (QED) is 0.638. The molecule has 3 rings (SSSR count). The van der Waals surface area contributed by atoms with Gasteiger partial charge in [-0.05, 0) is 56.6 Å². The fraction of sp³-hybridized carbons (Fsp3) is 0.652. The normalized spacial score (nSPS) is 20.4. The van der Waals surface area contributed by atoms with Crippen LogP contribution in [0.4, 0.5) is 0 Å². The van der Waals surface area contributed by atoms with Crippen molar-refractivity contribution in [3.63, 3.8) is 0 Å². The Labute approximate surface area is 186 Å². The minimum absolute atomic E-state index is 0.0212. The number of benzene rings is 1. The number of nitrogens with zero attached hydrogens (tertiary/aromatic N) is 1. The number of rotatable bonds is 8. The minimum Gasteiger partial charge on any atom is -0.347 e. The van der Waals surface area contributed by atoms with Crippen molar-refractivity contribution in [2.45, 2.75) is 63.2 Å². The van der Waals surface area contributed by atoms with Crippen LogP contribution in [0.5, 0.6) is 0 Å². The van der Waals surface area contributed by atoms with Crippen molar-refractivity contribution >= 4 is 21.8 Å². The molecular weight excluding hydrogens is 414 g/mol. The van der Waals surface area contributed by atoms with E-state index in [4.69, 9.17) is 0 Å². The topological polar surface area (TPSA) is 95.6 Å². The van der Waals surface area contributed by atoms with Crippen LogP contribution >= 0.6 is 0 Å². The fourth-order valence-corrected chi connectivity index (χ4v) is 5.61. The van der Waals surface area contributed by atoms with Crippen LogP contribution in [0, 0.1) is 18.8 Å². The van der Waals surface area contributed by atoms with Crippen LogP contribution in [-0.2, 0) is 19.6 Å². The lowest BCUT2D eigenvalue weighted by molar-refractivity contribution is -0.134. The average molecular weight is 450 g/mol. The molecule has 2 fully saturated rings. The summed E-state index contributed by atoms with van der Waals surface area (Å²) in [4.78, 5) is 26.7. The van der Waals surface area contributed by atoms with Gasteiger partial charge >= 0.3 is 0 Å². The van der Waals surface area contributed by atoms with E-state index in [0.29, 0.717) is 32.0 Å². The van der Waals surface area contributed by atoms with Crippen molar-refractivity contribution in [3.05, 3.63) is 29.8 Å². The summed E-state index contributed by atoms with van der Waals surface area (Å²) in [6, 6.07) is 6.75. The van der Waals surface area contributed by atoms with E-state index in [1.807, 2.05) is 6.92 Å². The zero-order valence-corrected chi connectivity index (χ0v) is 19.3. The highest BCUT2D eigenvalue weighted by molar-refractivity contribution is 7.89. The van der Waals surface area contributed by atoms with Crippen LogP contribution in [0.1, 0.15) is 56.9 Å². The van der Waals surface area contributed by atoms with Crippen LogP contribution < -0.4 is 10.0 Å². The third-order valence-electron chi connectivity index (χ3n) is 6.40. The molecule has 1 aromatic carbocycles. The van der Waals surface area contributed by atoms with E-state index in [0.717, 1.165) is 31.2 Å². The van der Waals surface area contributed by atoms with Crippen molar-refractivity contribution in [1.82, 2.24) is 14.9 Å². The number of sulfonamides is 1. The molecule has 2 aliphatic rings.